The molecular formula is C19H31N9O3. The summed E-state index contributed by atoms with van der Waals surface area (Å²) in [5.74, 6) is -0.286. The molecule has 12 heteroatoms. The SMILES string of the molecule is CN(C)CCNC(=O)c1cc(NC(=O)c2cc(NC(=O)CCN(C)C)nn2C)n(C)n1. The van der Waals surface area contributed by atoms with Crippen molar-refractivity contribution in [3.05, 3.63) is 23.5 Å². The first-order valence-corrected chi connectivity index (χ1v) is 9.83. The Morgan fingerprint density at radius 2 is 1.58 bits per heavy atom. The van der Waals surface area contributed by atoms with E-state index in [1.54, 1.807) is 14.1 Å². The Kier molecular flexibility index (Phi) is 8.28. The second-order valence-corrected chi connectivity index (χ2v) is 7.69. The van der Waals surface area contributed by atoms with E-state index in [0.717, 1.165) is 0 Å². The minimum Gasteiger partial charge on any atom is -0.349 e. The molecule has 12 nitrogen and oxygen atoms in total. The highest BCUT2D eigenvalue weighted by Crippen LogP contribution is 2.14. The van der Waals surface area contributed by atoms with Gasteiger partial charge < -0.3 is 25.8 Å². The van der Waals surface area contributed by atoms with Crippen LogP contribution in [0.1, 0.15) is 27.4 Å². The lowest BCUT2D eigenvalue weighted by Gasteiger charge is -2.09. The van der Waals surface area contributed by atoms with Crippen LogP contribution >= 0.6 is 0 Å². The third-order valence-electron chi connectivity index (χ3n) is 4.36. The minimum atomic E-state index is -0.439. The Morgan fingerprint density at radius 1 is 0.903 bits per heavy atom. The van der Waals surface area contributed by atoms with E-state index in [9.17, 15) is 14.4 Å². The van der Waals surface area contributed by atoms with Gasteiger partial charge in [-0.3, -0.25) is 23.7 Å². The molecule has 0 aliphatic heterocycles. The number of anilines is 2. The molecule has 3 N–H and O–H groups in total. The maximum absolute atomic E-state index is 12.7. The van der Waals surface area contributed by atoms with E-state index in [1.165, 1.54) is 21.5 Å². The number of rotatable bonds is 10. The van der Waals surface area contributed by atoms with Crippen LogP contribution in [0.25, 0.3) is 0 Å². The summed E-state index contributed by atoms with van der Waals surface area (Å²) in [6.45, 7) is 1.80. The smallest absolute Gasteiger partial charge is 0.275 e. The molecule has 0 aliphatic carbocycles. The maximum Gasteiger partial charge on any atom is 0.275 e. The van der Waals surface area contributed by atoms with E-state index in [1.807, 2.05) is 38.0 Å². The fraction of sp³-hybridized carbons (Fsp3) is 0.526. The quantitative estimate of drug-likeness (QED) is 0.464. The van der Waals surface area contributed by atoms with Crippen LogP contribution in [0.4, 0.5) is 11.6 Å². The van der Waals surface area contributed by atoms with Crippen molar-refractivity contribution in [3.8, 4) is 0 Å². The second-order valence-electron chi connectivity index (χ2n) is 7.69. The summed E-state index contributed by atoms with van der Waals surface area (Å²) in [5, 5.41) is 16.5. The Hall–Kier alpha value is -3.25. The van der Waals surface area contributed by atoms with Gasteiger partial charge in [0.1, 0.15) is 11.5 Å². The van der Waals surface area contributed by atoms with Crippen LogP contribution in [0.3, 0.4) is 0 Å². The Bertz CT molecular complexity index is 930. The van der Waals surface area contributed by atoms with Crippen molar-refractivity contribution in [1.29, 1.82) is 0 Å². The summed E-state index contributed by atoms with van der Waals surface area (Å²) >= 11 is 0. The van der Waals surface area contributed by atoms with Crippen LogP contribution in [0.2, 0.25) is 0 Å². The molecule has 2 heterocycles. The molecular weight excluding hydrogens is 402 g/mol. The third kappa shape index (κ3) is 7.19. The number of hydrogen-bond acceptors (Lipinski definition) is 7. The maximum atomic E-state index is 12.7. The topological polar surface area (TPSA) is 129 Å². The van der Waals surface area contributed by atoms with Crippen molar-refractivity contribution < 1.29 is 14.4 Å². The van der Waals surface area contributed by atoms with Gasteiger partial charge in [0.15, 0.2) is 11.5 Å². The van der Waals surface area contributed by atoms with E-state index in [-0.39, 0.29) is 23.2 Å². The molecule has 0 bridgehead atoms. The molecule has 0 atom stereocenters. The number of aromatic nitrogens is 4. The van der Waals surface area contributed by atoms with Crippen molar-refractivity contribution >= 4 is 29.4 Å². The summed E-state index contributed by atoms with van der Waals surface area (Å²) in [6, 6.07) is 3.00. The minimum absolute atomic E-state index is 0.185. The number of carbonyl (C=O) groups excluding carboxylic acids is 3. The first kappa shape index (κ1) is 24.0. The molecule has 3 amide bonds. The van der Waals surface area contributed by atoms with E-state index in [0.29, 0.717) is 37.7 Å². The molecule has 0 fully saturated rings. The molecule has 0 spiro atoms. The van der Waals surface area contributed by atoms with Crippen LogP contribution in [0.5, 0.6) is 0 Å². The standard InChI is InChI=1S/C19H31N9O3/c1-25(2)9-7-17(29)21-15-12-14(27(5)24-15)19(31)22-16-11-13(23-28(16)6)18(30)20-8-10-26(3)4/h11-12H,7-10H2,1-6H3,(H,20,30)(H,22,31)(H,21,24,29). The highest BCUT2D eigenvalue weighted by atomic mass is 16.2. The van der Waals surface area contributed by atoms with Crippen LogP contribution in [0, 0.1) is 0 Å². The number of aryl methyl sites for hydroxylation is 2. The lowest BCUT2D eigenvalue weighted by molar-refractivity contribution is -0.116. The Morgan fingerprint density at radius 3 is 2.23 bits per heavy atom. The zero-order valence-corrected chi connectivity index (χ0v) is 18.9. The van der Waals surface area contributed by atoms with Gasteiger partial charge in [0.2, 0.25) is 5.91 Å². The molecule has 0 saturated heterocycles. The third-order valence-corrected chi connectivity index (χ3v) is 4.36. The van der Waals surface area contributed by atoms with E-state index >= 15 is 0 Å². The Labute approximate surface area is 181 Å². The van der Waals surface area contributed by atoms with Gasteiger partial charge in [0.25, 0.3) is 11.8 Å². The zero-order chi connectivity index (χ0) is 23.1. The molecule has 2 rings (SSSR count). The first-order valence-electron chi connectivity index (χ1n) is 9.83. The number of amides is 3. The van der Waals surface area contributed by atoms with Gasteiger partial charge in [0, 0.05) is 52.3 Å². The fourth-order valence-corrected chi connectivity index (χ4v) is 2.63. The van der Waals surface area contributed by atoms with Gasteiger partial charge in [-0.05, 0) is 28.2 Å². The van der Waals surface area contributed by atoms with Crippen LogP contribution in [-0.4, -0.2) is 94.9 Å². The highest BCUT2D eigenvalue weighted by Gasteiger charge is 2.18. The first-order chi connectivity index (χ1) is 14.6. The number of hydrogen-bond donors (Lipinski definition) is 3. The van der Waals surface area contributed by atoms with Crippen molar-refractivity contribution in [3.63, 3.8) is 0 Å². The van der Waals surface area contributed by atoms with Gasteiger partial charge in [-0.25, -0.2) is 0 Å². The van der Waals surface area contributed by atoms with Crippen LogP contribution in [-0.2, 0) is 18.9 Å². The molecule has 170 valence electrons. The predicted molar refractivity (Wildman–Crippen MR) is 117 cm³/mol. The number of nitrogens with zero attached hydrogens (tertiary/aromatic N) is 6. The lowest BCUT2D eigenvalue weighted by Crippen LogP contribution is -2.31. The van der Waals surface area contributed by atoms with Crippen molar-refractivity contribution in [2.45, 2.75) is 6.42 Å². The predicted octanol–water partition coefficient (Wildman–Crippen LogP) is -0.412. The monoisotopic (exact) mass is 433 g/mol. The van der Waals surface area contributed by atoms with Crippen molar-refractivity contribution in [1.82, 2.24) is 34.7 Å². The van der Waals surface area contributed by atoms with Crippen molar-refractivity contribution in [2.75, 3.05) is 58.5 Å². The van der Waals surface area contributed by atoms with Crippen LogP contribution < -0.4 is 16.0 Å². The second kappa shape index (κ2) is 10.7. The molecule has 31 heavy (non-hydrogen) atoms. The van der Waals surface area contributed by atoms with Gasteiger partial charge >= 0.3 is 0 Å². The van der Waals surface area contributed by atoms with Crippen molar-refractivity contribution in [2.24, 2.45) is 14.1 Å². The summed E-state index contributed by atoms with van der Waals surface area (Å²) in [5.41, 5.74) is 0.455. The molecule has 0 saturated carbocycles. The molecule has 2 aromatic heterocycles. The average molecular weight is 434 g/mol. The largest absolute Gasteiger partial charge is 0.349 e. The average Bonchev–Trinajstić information content (AvgIpc) is 3.22. The summed E-state index contributed by atoms with van der Waals surface area (Å²) in [4.78, 5) is 40.8. The van der Waals surface area contributed by atoms with Gasteiger partial charge in [0.05, 0.1) is 0 Å². The Balaban J connectivity index is 2.00. The molecule has 0 aromatic carbocycles. The van der Waals surface area contributed by atoms with E-state index < -0.39 is 5.91 Å². The van der Waals surface area contributed by atoms with Gasteiger partial charge in [-0.2, -0.15) is 10.2 Å². The van der Waals surface area contributed by atoms with E-state index in [4.69, 9.17) is 0 Å². The summed E-state index contributed by atoms with van der Waals surface area (Å²) in [6.07, 6.45) is 0.319. The molecule has 2 aromatic rings. The molecule has 0 aliphatic rings. The summed E-state index contributed by atoms with van der Waals surface area (Å²) in [7, 11) is 10.8. The zero-order valence-electron chi connectivity index (χ0n) is 18.9. The van der Waals surface area contributed by atoms with Crippen LogP contribution in [0.15, 0.2) is 12.1 Å². The highest BCUT2D eigenvalue weighted by molar-refractivity contribution is 6.04. The normalized spacial score (nSPS) is 11.1. The number of likely N-dealkylation sites (N-methyl/N-ethyl adjacent to an activating group) is 1. The van der Waals surface area contributed by atoms with E-state index in [2.05, 4.69) is 26.1 Å². The number of nitrogens with one attached hydrogen (secondary N) is 3. The van der Waals surface area contributed by atoms with Gasteiger partial charge in [-0.15, -0.1) is 0 Å². The summed E-state index contributed by atoms with van der Waals surface area (Å²) < 4.78 is 2.79. The number of carbonyl (C=O) groups is 3. The lowest BCUT2D eigenvalue weighted by atomic mass is 10.3. The molecule has 0 unspecified atom stereocenters. The van der Waals surface area contributed by atoms with Gasteiger partial charge in [-0.1, -0.05) is 0 Å². The fourth-order valence-electron chi connectivity index (χ4n) is 2.63. The molecule has 0 radical (unpaired) electrons.